The molecule has 15 heavy (non-hydrogen) atoms. The van der Waals surface area contributed by atoms with E-state index in [-0.39, 0.29) is 0 Å². The number of nitrogens with two attached hydrogens (primary N) is 1. The molecule has 0 unspecified atom stereocenters. The molecule has 80 valence electrons. The van der Waals surface area contributed by atoms with Crippen molar-refractivity contribution < 1.29 is 0 Å². The summed E-state index contributed by atoms with van der Waals surface area (Å²) in [6.45, 7) is 1.55. The summed E-state index contributed by atoms with van der Waals surface area (Å²) in [7, 11) is 1.97. The van der Waals surface area contributed by atoms with Crippen LogP contribution in [0.25, 0.3) is 0 Å². The van der Waals surface area contributed by atoms with Gasteiger partial charge >= 0.3 is 0 Å². The Morgan fingerprint density at radius 2 is 2.20 bits per heavy atom. The minimum atomic E-state index is 0.596. The van der Waals surface area contributed by atoms with Crippen LogP contribution in [0.1, 0.15) is 11.4 Å². The van der Waals surface area contributed by atoms with Crippen LogP contribution in [-0.2, 0) is 26.6 Å². The van der Waals surface area contributed by atoms with Gasteiger partial charge in [0.1, 0.15) is 0 Å². The quantitative estimate of drug-likeness (QED) is 0.805. The van der Waals surface area contributed by atoms with Gasteiger partial charge in [-0.15, -0.1) is 0 Å². The Balaban J connectivity index is 2.02. The zero-order chi connectivity index (χ0) is 10.7. The molecule has 0 aliphatic rings. The van der Waals surface area contributed by atoms with Crippen molar-refractivity contribution in [3.8, 4) is 0 Å². The highest BCUT2D eigenvalue weighted by Gasteiger charge is 2.01. The van der Waals surface area contributed by atoms with Crippen molar-refractivity contribution in [1.82, 2.24) is 14.3 Å². The van der Waals surface area contributed by atoms with Crippen LogP contribution in [0.3, 0.4) is 0 Å². The number of hydrogen-bond acceptors (Lipinski definition) is 2. The van der Waals surface area contributed by atoms with E-state index in [9.17, 15) is 0 Å². The molecule has 0 saturated carbocycles. The fourth-order valence-electron chi connectivity index (χ4n) is 1.73. The molecule has 4 nitrogen and oxygen atoms in total. The maximum absolute atomic E-state index is 5.64. The molecule has 0 radical (unpaired) electrons. The summed E-state index contributed by atoms with van der Waals surface area (Å²) in [6.07, 6.45) is 4.88. The van der Waals surface area contributed by atoms with Gasteiger partial charge in [0.05, 0.1) is 0 Å². The van der Waals surface area contributed by atoms with E-state index in [2.05, 4.69) is 21.9 Å². The fraction of sp³-hybridized carbons (Fsp3) is 0.364. The molecule has 0 aliphatic heterocycles. The third kappa shape index (κ3) is 2.10. The molecule has 0 aliphatic carbocycles. The Labute approximate surface area is 89.3 Å². The first kappa shape index (κ1) is 9.98. The monoisotopic (exact) mass is 204 g/mol. The second kappa shape index (κ2) is 4.31. The molecular weight excluding hydrogens is 188 g/mol. The van der Waals surface area contributed by atoms with Crippen molar-refractivity contribution in [3.05, 3.63) is 42.0 Å². The molecule has 0 saturated heterocycles. The van der Waals surface area contributed by atoms with Crippen LogP contribution in [0.5, 0.6) is 0 Å². The minimum absolute atomic E-state index is 0.596. The predicted octanol–water partition coefficient (Wildman–Crippen LogP) is 0.923. The lowest BCUT2D eigenvalue weighted by atomic mass is 10.3. The van der Waals surface area contributed by atoms with E-state index >= 15 is 0 Å². The topological polar surface area (TPSA) is 48.8 Å². The van der Waals surface area contributed by atoms with Crippen molar-refractivity contribution in [2.45, 2.75) is 19.5 Å². The van der Waals surface area contributed by atoms with Crippen LogP contribution >= 0.6 is 0 Å². The highest BCUT2D eigenvalue weighted by atomic mass is 15.3. The molecule has 2 aromatic heterocycles. The average molecular weight is 204 g/mol. The van der Waals surface area contributed by atoms with Crippen LogP contribution in [0.4, 0.5) is 0 Å². The van der Waals surface area contributed by atoms with Gasteiger partial charge in [0.2, 0.25) is 0 Å². The molecule has 0 spiro atoms. The van der Waals surface area contributed by atoms with E-state index in [1.54, 1.807) is 0 Å². The fourth-order valence-corrected chi connectivity index (χ4v) is 1.73. The van der Waals surface area contributed by atoms with Gasteiger partial charge in [-0.25, -0.2) is 0 Å². The predicted molar refractivity (Wildman–Crippen MR) is 59.2 cm³/mol. The van der Waals surface area contributed by atoms with Crippen LogP contribution in [0, 0.1) is 0 Å². The molecule has 0 bridgehead atoms. The van der Waals surface area contributed by atoms with Gasteiger partial charge in [-0.1, -0.05) is 0 Å². The van der Waals surface area contributed by atoms with Gasteiger partial charge in [0.25, 0.3) is 0 Å². The normalized spacial score (nSPS) is 10.8. The van der Waals surface area contributed by atoms with Crippen molar-refractivity contribution in [1.29, 1.82) is 0 Å². The van der Waals surface area contributed by atoms with E-state index in [0.717, 1.165) is 13.0 Å². The van der Waals surface area contributed by atoms with Gasteiger partial charge in [0.15, 0.2) is 0 Å². The van der Waals surface area contributed by atoms with E-state index < -0.39 is 0 Å². The first-order valence-electron chi connectivity index (χ1n) is 5.12. The van der Waals surface area contributed by atoms with Crippen LogP contribution in [-0.4, -0.2) is 14.3 Å². The van der Waals surface area contributed by atoms with Crippen molar-refractivity contribution in [2.24, 2.45) is 12.8 Å². The summed E-state index contributed by atoms with van der Waals surface area (Å²) in [5, 5.41) is 4.14. The van der Waals surface area contributed by atoms with Gasteiger partial charge in [0, 0.05) is 50.3 Å². The maximum atomic E-state index is 5.64. The third-order valence-electron chi connectivity index (χ3n) is 2.66. The van der Waals surface area contributed by atoms with Crippen molar-refractivity contribution >= 4 is 0 Å². The zero-order valence-corrected chi connectivity index (χ0v) is 8.93. The molecule has 0 atom stereocenters. The lowest BCUT2D eigenvalue weighted by molar-refractivity contribution is 0.620. The number of hydrogen-bond donors (Lipinski definition) is 1. The van der Waals surface area contributed by atoms with Crippen LogP contribution < -0.4 is 5.73 Å². The zero-order valence-electron chi connectivity index (χ0n) is 8.93. The molecule has 0 fully saturated rings. The van der Waals surface area contributed by atoms with Crippen LogP contribution in [0.2, 0.25) is 0 Å². The van der Waals surface area contributed by atoms with E-state index in [4.69, 9.17) is 5.73 Å². The number of rotatable bonds is 4. The van der Waals surface area contributed by atoms with E-state index in [0.29, 0.717) is 6.54 Å². The van der Waals surface area contributed by atoms with Gasteiger partial charge in [-0.2, -0.15) is 5.10 Å². The molecule has 2 aromatic rings. The van der Waals surface area contributed by atoms with Crippen LogP contribution in [0.15, 0.2) is 30.6 Å². The first-order valence-corrected chi connectivity index (χ1v) is 5.12. The Bertz CT molecular complexity index is 427. The number of nitrogens with zero attached hydrogens (tertiary/aromatic N) is 3. The van der Waals surface area contributed by atoms with Gasteiger partial charge < -0.3 is 10.3 Å². The summed E-state index contributed by atoms with van der Waals surface area (Å²) in [5.41, 5.74) is 8.06. The molecule has 4 heteroatoms. The molecule has 0 amide bonds. The summed E-state index contributed by atoms with van der Waals surface area (Å²) in [6, 6.07) is 6.14. The van der Waals surface area contributed by atoms with E-state index in [1.165, 1.54) is 11.4 Å². The number of aromatic nitrogens is 3. The van der Waals surface area contributed by atoms with Crippen molar-refractivity contribution in [2.75, 3.05) is 0 Å². The Morgan fingerprint density at radius 1 is 1.33 bits per heavy atom. The highest BCUT2D eigenvalue weighted by Crippen LogP contribution is 2.05. The Morgan fingerprint density at radius 3 is 2.87 bits per heavy atom. The molecule has 2 N–H and O–H groups in total. The largest absolute Gasteiger partial charge is 0.350 e. The standard InChI is InChI=1S/C11H16N4/c1-14-10(4-6-13-14)5-8-15-7-2-3-11(15)9-12/h2-4,6-7H,5,8-9,12H2,1H3. The molecular formula is C11H16N4. The average Bonchev–Trinajstić information content (AvgIpc) is 2.83. The molecule has 2 rings (SSSR count). The second-order valence-corrected chi connectivity index (χ2v) is 3.59. The second-order valence-electron chi connectivity index (χ2n) is 3.59. The van der Waals surface area contributed by atoms with Crippen molar-refractivity contribution in [3.63, 3.8) is 0 Å². The Kier molecular flexibility index (Phi) is 2.87. The maximum Gasteiger partial charge on any atom is 0.0492 e. The third-order valence-corrected chi connectivity index (χ3v) is 2.66. The molecule has 0 aromatic carbocycles. The molecule has 2 heterocycles. The summed E-state index contributed by atoms with van der Waals surface area (Å²) in [4.78, 5) is 0. The minimum Gasteiger partial charge on any atom is -0.350 e. The lowest BCUT2D eigenvalue weighted by Gasteiger charge is -2.07. The number of aryl methyl sites for hydroxylation is 3. The summed E-state index contributed by atoms with van der Waals surface area (Å²) < 4.78 is 4.10. The van der Waals surface area contributed by atoms with Gasteiger partial charge in [-0.05, 0) is 18.2 Å². The first-order chi connectivity index (χ1) is 7.31. The SMILES string of the molecule is Cn1nccc1CCn1cccc1CN. The lowest BCUT2D eigenvalue weighted by Crippen LogP contribution is -2.09. The van der Waals surface area contributed by atoms with Gasteiger partial charge in [-0.3, -0.25) is 4.68 Å². The summed E-state index contributed by atoms with van der Waals surface area (Å²) >= 11 is 0. The van der Waals surface area contributed by atoms with E-state index in [1.807, 2.05) is 30.1 Å². The smallest absolute Gasteiger partial charge is 0.0492 e. The summed E-state index contributed by atoms with van der Waals surface area (Å²) in [5.74, 6) is 0. The highest BCUT2D eigenvalue weighted by molar-refractivity contribution is 5.07. The Hall–Kier alpha value is -1.55.